The lowest BCUT2D eigenvalue weighted by atomic mass is 10.1. The standard InChI is InChI=1S/C26H52NO7P/c1-5-6-7-8-9-10-11-12-13-14-15-16-17-18-19-20-26(29)32-23-25(28)24-34-35(30,31)33-22-21-27(2,3)4/h12-13,25,28H,5-11,14-24H2,1-4H3/p+1/b13-12-/t25-/m1/s1/i1D3,5D2,6D2,7D2,8D2,9D2,10D2,11D2. The van der Waals surface area contributed by atoms with E-state index in [1.165, 1.54) is 6.08 Å². The van der Waals surface area contributed by atoms with Crippen molar-refractivity contribution in [3.8, 4) is 0 Å². The second kappa shape index (κ2) is 21.3. The lowest BCUT2D eigenvalue weighted by Crippen LogP contribution is -2.37. The second-order valence-corrected chi connectivity index (χ2v) is 10.0. The van der Waals surface area contributed by atoms with Crippen LogP contribution in [0.5, 0.6) is 0 Å². The molecule has 0 aliphatic carbocycles. The molecule has 0 saturated heterocycles. The summed E-state index contributed by atoms with van der Waals surface area (Å²) in [5, 5.41) is 9.87. The van der Waals surface area contributed by atoms with Gasteiger partial charge in [-0.1, -0.05) is 70.1 Å². The van der Waals surface area contributed by atoms with E-state index in [2.05, 4.69) is 0 Å². The van der Waals surface area contributed by atoms with Crippen molar-refractivity contribution in [1.29, 1.82) is 0 Å². The maximum absolute atomic E-state index is 11.9. The van der Waals surface area contributed by atoms with E-state index in [1.54, 1.807) is 0 Å². The van der Waals surface area contributed by atoms with Crippen molar-refractivity contribution in [1.82, 2.24) is 0 Å². The predicted octanol–water partition coefficient (Wildman–Crippen LogP) is 5.77. The third-order valence-electron chi connectivity index (χ3n) is 4.22. The fraction of sp³-hybridized carbons (Fsp3) is 0.885. The van der Waals surface area contributed by atoms with E-state index >= 15 is 0 Å². The Labute approximate surface area is 238 Å². The molecule has 0 spiro atoms. The molecule has 0 aromatic carbocycles. The van der Waals surface area contributed by atoms with Gasteiger partial charge in [-0.3, -0.25) is 13.8 Å². The van der Waals surface area contributed by atoms with Gasteiger partial charge in [0, 0.05) is 29.7 Å². The normalized spacial score (nSPS) is 25.2. The number of aliphatic hydroxyl groups is 1. The highest BCUT2D eigenvalue weighted by Gasteiger charge is 2.24. The van der Waals surface area contributed by atoms with E-state index in [-0.39, 0.29) is 19.4 Å². The minimum absolute atomic E-state index is 0.0190. The van der Waals surface area contributed by atoms with Gasteiger partial charge in [0.2, 0.25) is 0 Å². The highest BCUT2D eigenvalue weighted by molar-refractivity contribution is 7.47. The van der Waals surface area contributed by atoms with E-state index in [1.807, 2.05) is 21.1 Å². The summed E-state index contributed by atoms with van der Waals surface area (Å²) in [6.07, 6.45) is -25.0. The fourth-order valence-electron chi connectivity index (χ4n) is 2.36. The topological polar surface area (TPSA) is 102 Å². The molecule has 2 N–H and O–H groups in total. The summed E-state index contributed by atoms with van der Waals surface area (Å²) < 4.78 is 161. The number of carbonyl (C=O) groups excluding carboxylic acids is 1. The average Bonchev–Trinajstić information content (AvgIpc) is 2.96. The number of quaternary nitrogens is 1. The lowest BCUT2D eigenvalue weighted by molar-refractivity contribution is -0.870. The Kier molecular flexibility index (Phi) is 9.14. The first kappa shape index (κ1) is 15.0. The average molecular weight is 540 g/mol. The number of phosphoric acid groups is 1. The van der Waals surface area contributed by atoms with Crippen LogP contribution in [-0.2, 0) is 23.1 Å². The van der Waals surface area contributed by atoms with Crippen LogP contribution in [0.25, 0.3) is 0 Å². The molecule has 2 atom stereocenters. The number of allylic oxidation sites excluding steroid dienone is 2. The third-order valence-corrected chi connectivity index (χ3v) is 5.21. The van der Waals surface area contributed by atoms with Gasteiger partial charge in [-0.05, 0) is 32.0 Å². The van der Waals surface area contributed by atoms with Gasteiger partial charge in [0.1, 0.15) is 25.9 Å². The Morgan fingerprint density at radius 1 is 1.00 bits per heavy atom. The van der Waals surface area contributed by atoms with Crippen LogP contribution in [0.15, 0.2) is 12.2 Å². The zero-order chi connectivity index (χ0) is 41.5. The Morgan fingerprint density at radius 2 is 1.69 bits per heavy atom. The first-order valence-electron chi connectivity index (χ1n) is 19.9. The number of hydrogen-bond donors (Lipinski definition) is 2. The van der Waals surface area contributed by atoms with Crippen molar-refractivity contribution in [2.24, 2.45) is 0 Å². The molecule has 8 nitrogen and oxygen atoms in total. The van der Waals surface area contributed by atoms with Crippen molar-refractivity contribution in [3.63, 3.8) is 0 Å². The van der Waals surface area contributed by atoms with Gasteiger partial charge < -0.3 is 19.2 Å². The van der Waals surface area contributed by atoms with Gasteiger partial charge in [0.25, 0.3) is 0 Å². The van der Waals surface area contributed by atoms with E-state index in [0.717, 1.165) is 0 Å². The number of ether oxygens (including phenoxy) is 1. The summed E-state index contributed by atoms with van der Waals surface area (Å²) in [7, 11) is 1.20. The molecule has 0 aromatic heterocycles. The largest absolute Gasteiger partial charge is 0.472 e. The van der Waals surface area contributed by atoms with Gasteiger partial charge >= 0.3 is 13.8 Å². The number of unbranched alkanes of at least 4 members (excludes halogenated alkanes) is 5. The van der Waals surface area contributed by atoms with Crippen molar-refractivity contribution in [2.75, 3.05) is 47.5 Å². The number of phosphoric ester groups is 1. The Bertz CT molecular complexity index is 1220. The summed E-state index contributed by atoms with van der Waals surface area (Å²) in [4.78, 5) is 21.6. The van der Waals surface area contributed by atoms with Crippen molar-refractivity contribution in [3.05, 3.63) is 12.2 Å². The predicted molar refractivity (Wildman–Crippen MR) is 141 cm³/mol. The summed E-state index contributed by atoms with van der Waals surface area (Å²) in [6, 6.07) is 0. The van der Waals surface area contributed by atoms with Gasteiger partial charge in [-0.15, -0.1) is 0 Å². The molecular formula is C26H53NO7P+. The SMILES string of the molecule is [2H]C([2H])([2H])C([2H])([2H])C([2H])([2H])C([2H])([2H])C([2H])([2H])C([2H])([2H])C([2H])([2H])C([2H])([2H])/C=C\CCCCCCCC(=O)OC[C@@H](O)COP(=O)(O)OCC[N+](C)(C)C. The van der Waals surface area contributed by atoms with Crippen LogP contribution < -0.4 is 0 Å². The number of nitrogens with zero attached hydrogens (tertiary/aromatic N) is 1. The minimum atomic E-state index is -4.39. The monoisotopic (exact) mass is 539 g/mol. The summed E-state index contributed by atoms with van der Waals surface area (Å²) in [5.74, 6) is -0.616. The van der Waals surface area contributed by atoms with Crippen LogP contribution in [0.1, 0.15) is 120 Å². The van der Waals surface area contributed by atoms with Crippen molar-refractivity contribution in [2.45, 2.75) is 103 Å². The van der Waals surface area contributed by atoms with Crippen molar-refractivity contribution < 1.29 is 60.9 Å². The molecule has 0 aromatic rings. The van der Waals surface area contributed by atoms with Gasteiger partial charge in [0.05, 0.1) is 27.7 Å². The first-order valence-corrected chi connectivity index (χ1v) is 12.9. The number of hydrogen-bond acceptors (Lipinski definition) is 6. The second-order valence-electron chi connectivity index (χ2n) is 8.55. The van der Waals surface area contributed by atoms with Crippen LogP contribution in [-0.4, -0.2) is 74.1 Å². The van der Waals surface area contributed by atoms with Crippen LogP contribution in [0.3, 0.4) is 0 Å². The van der Waals surface area contributed by atoms with Gasteiger partial charge in [0.15, 0.2) is 0 Å². The van der Waals surface area contributed by atoms with E-state index in [4.69, 9.17) is 37.1 Å². The van der Waals surface area contributed by atoms with Crippen molar-refractivity contribution >= 4 is 13.8 Å². The summed E-state index contributed by atoms with van der Waals surface area (Å²) in [6.45, 7) is -4.50. The molecular weight excluding hydrogens is 469 g/mol. The third kappa shape index (κ3) is 26.1. The lowest BCUT2D eigenvalue weighted by Gasteiger charge is -2.24. The number of rotatable bonds is 24. The summed E-state index contributed by atoms with van der Waals surface area (Å²) in [5.41, 5.74) is 0. The Balaban J connectivity index is 4.90. The van der Waals surface area contributed by atoms with E-state index in [9.17, 15) is 19.4 Å². The minimum Gasteiger partial charge on any atom is -0.463 e. The highest BCUT2D eigenvalue weighted by Crippen LogP contribution is 2.43. The highest BCUT2D eigenvalue weighted by atomic mass is 31.2. The molecule has 0 heterocycles. The summed E-state index contributed by atoms with van der Waals surface area (Å²) >= 11 is 0. The smallest absolute Gasteiger partial charge is 0.463 e. The van der Waals surface area contributed by atoms with Crippen LogP contribution in [0.4, 0.5) is 0 Å². The number of carbonyl (C=O) groups is 1. The van der Waals surface area contributed by atoms with Gasteiger partial charge in [-0.2, -0.15) is 0 Å². The maximum Gasteiger partial charge on any atom is 0.472 e. The molecule has 35 heavy (non-hydrogen) atoms. The molecule has 0 rings (SSSR count). The zero-order valence-electron chi connectivity index (χ0n) is 37.8. The molecule has 208 valence electrons. The molecule has 0 saturated carbocycles. The molecule has 0 amide bonds. The number of likely N-dealkylation sites (N-methyl/N-ethyl adjacent to an activating group) is 1. The molecule has 1 unspecified atom stereocenters. The van der Waals surface area contributed by atoms with E-state index in [0.29, 0.717) is 49.2 Å². The van der Waals surface area contributed by atoms with Crippen LogP contribution in [0.2, 0.25) is 0 Å². The molecule has 0 aliphatic heterocycles. The Hall–Kier alpha value is -0.760. The number of aliphatic hydroxyl groups excluding tert-OH is 1. The fourth-order valence-corrected chi connectivity index (χ4v) is 3.11. The molecule has 0 bridgehead atoms. The Morgan fingerprint density at radius 3 is 2.43 bits per heavy atom. The zero-order valence-corrected chi connectivity index (χ0v) is 21.7. The number of esters is 1. The molecule has 0 fully saturated rings. The molecule has 9 heteroatoms. The van der Waals surface area contributed by atoms with E-state index < -0.39 is 84.6 Å². The maximum atomic E-state index is 11.9. The first-order chi connectivity index (χ1) is 23.0. The van der Waals surface area contributed by atoms with Crippen LogP contribution in [0, 0.1) is 0 Å². The van der Waals surface area contributed by atoms with Gasteiger partial charge in [-0.25, -0.2) is 4.57 Å². The molecule has 0 aliphatic rings. The van der Waals surface area contributed by atoms with Crippen LogP contribution >= 0.6 is 7.82 Å². The quantitative estimate of drug-likeness (QED) is 0.0528. The molecule has 0 radical (unpaired) electrons.